The van der Waals surface area contributed by atoms with E-state index in [1.54, 1.807) is 18.2 Å². The molecule has 0 saturated heterocycles. The number of methoxy groups -OCH3 is 1. The molecule has 0 fully saturated rings. The largest absolute Gasteiger partial charge is 0.493 e. The second-order valence-corrected chi connectivity index (χ2v) is 3.06. The summed E-state index contributed by atoms with van der Waals surface area (Å²) in [5.41, 5.74) is 0.725. The summed E-state index contributed by atoms with van der Waals surface area (Å²) in [6, 6.07) is 5.27. The van der Waals surface area contributed by atoms with E-state index >= 15 is 0 Å². The first-order chi connectivity index (χ1) is 7.22. The summed E-state index contributed by atoms with van der Waals surface area (Å²) in [6.07, 6.45) is 1.50. The molecule has 0 N–H and O–H groups in total. The van der Waals surface area contributed by atoms with Crippen molar-refractivity contribution in [3.8, 4) is 11.5 Å². The minimum Gasteiger partial charge on any atom is -0.493 e. The molecule has 1 aliphatic heterocycles. The van der Waals surface area contributed by atoms with E-state index in [1.165, 1.54) is 13.2 Å². The van der Waals surface area contributed by atoms with E-state index in [0.29, 0.717) is 17.1 Å². The van der Waals surface area contributed by atoms with Crippen molar-refractivity contribution < 1.29 is 14.4 Å². The molecule has 5 nitrogen and oxygen atoms in total. The zero-order chi connectivity index (χ0) is 10.8. The summed E-state index contributed by atoms with van der Waals surface area (Å²) >= 11 is 0. The van der Waals surface area contributed by atoms with E-state index in [2.05, 4.69) is 0 Å². The second kappa shape index (κ2) is 3.61. The Kier molecular flexibility index (Phi) is 2.29. The molecule has 2 rings (SSSR count). The van der Waals surface area contributed by atoms with Crippen molar-refractivity contribution in [1.82, 2.24) is 0 Å². The molecule has 78 valence electrons. The number of hydrogen-bond acceptors (Lipinski definition) is 4. The van der Waals surface area contributed by atoms with E-state index in [9.17, 15) is 10.1 Å². The Morgan fingerprint density at radius 1 is 1.53 bits per heavy atom. The van der Waals surface area contributed by atoms with Gasteiger partial charge in [0.15, 0.2) is 18.1 Å². The predicted octanol–water partition coefficient (Wildman–Crippen LogP) is 1.71. The minimum atomic E-state index is -0.442. The van der Waals surface area contributed by atoms with Crippen LogP contribution >= 0.6 is 0 Å². The van der Waals surface area contributed by atoms with Gasteiger partial charge in [0.05, 0.1) is 12.0 Å². The fourth-order valence-corrected chi connectivity index (χ4v) is 1.43. The number of hydrogen-bond donors (Lipinski definition) is 0. The van der Waals surface area contributed by atoms with Crippen LogP contribution in [0.25, 0.3) is 6.08 Å². The molecule has 0 spiro atoms. The van der Waals surface area contributed by atoms with Crippen molar-refractivity contribution in [1.29, 1.82) is 0 Å². The van der Waals surface area contributed by atoms with Gasteiger partial charge in [0.25, 0.3) is 5.70 Å². The summed E-state index contributed by atoms with van der Waals surface area (Å²) in [5, 5.41) is 10.5. The quantitative estimate of drug-likeness (QED) is 0.547. The maximum absolute atomic E-state index is 10.5. The van der Waals surface area contributed by atoms with E-state index in [4.69, 9.17) is 9.47 Å². The SMILES string of the molecule is COc1cccc2c1OCC([N+](=O)[O-])=C2. The van der Waals surface area contributed by atoms with E-state index < -0.39 is 4.92 Å². The number of para-hydroxylation sites is 1. The third-order valence-corrected chi connectivity index (χ3v) is 2.15. The lowest BCUT2D eigenvalue weighted by Crippen LogP contribution is -2.13. The molecule has 1 heterocycles. The summed E-state index contributed by atoms with van der Waals surface area (Å²) in [6.45, 7) is -0.0274. The van der Waals surface area contributed by atoms with Crippen molar-refractivity contribution in [2.24, 2.45) is 0 Å². The Labute approximate surface area is 86.1 Å². The van der Waals surface area contributed by atoms with Crippen LogP contribution in [0.4, 0.5) is 0 Å². The van der Waals surface area contributed by atoms with Crippen molar-refractivity contribution in [2.45, 2.75) is 0 Å². The Balaban J connectivity index is 2.48. The molecule has 0 bridgehead atoms. The fourth-order valence-electron chi connectivity index (χ4n) is 1.43. The highest BCUT2D eigenvalue weighted by molar-refractivity contribution is 5.65. The maximum atomic E-state index is 10.5. The molecule has 0 atom stereocenters. The van der Waals surface area contributed by atoms with Crippen molar-refractivity contribution in [3.63, 3.8) is 0 Å². The zero-order valence-electron chi connectivity index (χ0n) is 8.10. The van der Waals surface area contributed by atoms with Gasteiger partial charge in [0.1, 0.15) is 0 Å². The average molecular weight is 207 g/mol. The summed E-state index contributed by atoms with van der Waals surface area (Å²) in [5.74, 6) is 1.15. The van der Waals surface area contributed by atoms with Crippen molar-refractivity contribution in [2.75, 3.05) is 13.7 Å². The highest BCUT2D eigenvalue weighted by Gasteiger charge is 2.21. The molecular weight excluding hydrogens is 198 g/mol. The summed E-state index contributed by atoms with van der Waals surface area (Å²) in [4.78, 5) is 10.1. The van der Waals surface area contributed by atoms with Crippen LogP contribution in [0.3, 0.4) is 0 Å². The third-order valence-electron chi connectivity index (χ3n) is 2.15. The first-order valence-electron chi connectivity index (χ1n) is 4.37. The fraction of sp³-hybridized carbons (Fsp3) is 0.200. The average Bonchev–Trinajstić information content (AvgIpc) is 2.27. The van der Waals surface area contributed by atoms with E-state index in [0.717, 1.165) is 0 Å². The molecule has 1 aromatic rings. The Morgan fingerprint density at radius 3 is 3.00 bits per heavy atom. The van der Waals surface area contributed by atoms with Crippen molar-refractivity contribution >= 4 is 6.08 Å². The van der Waals surface area contributed by atoms with Gasteiger partial charge in [-0.15, -0.1) is 0 Å². The lowest BCUT2D eigenvalue weighted by Gasteiger charge is -2.15. The summed E-state index contributed by atoms with van der Waals surface area (Å²) in [7, 11) is 1.53. The number of fused-ring (bicyclic) bond motifs is 1. The normalized spacial score (nSPS) is 13.5. The number of ether oxygens (including phenoxy) is 2. The van der Waals surface area contributed by atoms with Crippen LogP contribution in [0, 0.1) is 10.1 Å². The second-order valence-electron chi connectivity index (χ2n) is 3.06. The monoisotopic (exact) mass is 207 g/mol. The number of rotatable bonds is 2. The van der Waals surface area contributed by atoms with Crippen molar-refractivity contribution in [3.05, 3.63) is 39.6 Å². The summed E-state index contributed by atoms with van der Waals surface area (Å²) < 4.78 is 10.4. The highest BCUT2D eigenvalue weighted by Crippen LogP contribution is 2.35. The van der Waals surface area contributed by atoms with Gasteiger partial charge in [0, 0.05) is 11.6 Å². The van der Waals surface area contributed by atoms with Gasteiger partial charge < -0.3 is 9.47 Å². The smallest absolute Gasteiger partial charge is 0.284 e. The Morgan fingerprint density at radius 2 is 2.33 bits per heavy atom. The van der Waals surface area contributed by atoms with E-state index in [-0.39, 0.29) is 12.3 Å². The number of benzene rings is 1. The molecular formula is C10H9NO4. The van der Waals surface area contributed by atoms with Crippen LogP contribution in [0.2, 0.25) is 0 Å². The van der Waals surface area contributed by atoms with Crippen LogP contribution in [0.1, 0.15) is 5.56 Å². The number of nitro groups is 1. The van der Waals surface area contributed by atoms with Crippen LogP contribution in [0.15, 0.2) is 23.9 Å². The molecule has 0 radical (unpaired) electrons. The van der Waals surface area contributed by atoms with Gasteiger partial charge in [0.2, 0.25) is 0 Å². The molecule has 0 amide bonds. The van der Waals surface area contributed by atoms with Crippen LogP contribution in [0.5, 0.6) is 11.5 Å². The van der Waals surface area contributed by atoms with Gasteiger partial charge in [-0.3, -0.25) is 10.1 Å². The standard InChI is InChI=1S/C10H9NO4/c1-14-9-4-2-3-7-5-8(11(12)13)6-15-10(7)9/h2-5H,6H2,1H3. The third kappa shape index (κ3) is 1.63. The molecule has 0 aromatic heterocycles. The van der Waals surface area contributed by atoms with Gasteiger partial charge in [-0.25, -0.2) is 0 Å². The molecule has 1 aliphatic rings. The first kappa shape index (κ1) is 9.51. The maximum Gasteiger partial charge on any atom is 0.284 e. The molecule has 0 unspecified atom stereocenters. The predicted molar refractivity (Wildman–Crippen MR) is 53.5 cm³/mol. The molecule has 1 aromatic carbocycles. The van der Waals surface area contributed by atoms with E-state index in [1.807, 2.05) is 0 Å². The lowest BCUT2D eigenvalue weighted by atomic mass is 10.1. The zero-order valence-corrected chi connectivity index (χ0v) is 8.10. The van der Waals surface area contributed by atoms with Gasteiger partial charge in [-0.05, 0) is 6.07 Å². The molecule has 0 saturated carbocycles. The van der Waals surface area contributed by atoms with Crippen LogP contribution in [-0.2, 0) is 0 Å². The number of nitrogens with zero attached hydrogens (tertiary/aromatic N) is 1. The van der Waals surface area contributed by atoms with Crippen LogP contribution in [-0.4, -0.2) is 18.6 Å². The van der Waals surface area contributed by atoms with Gasteiger partial charge >= 0.3 is 0 Å². The molecule has 5 heteroatoms. The highest BCUT2D eigenvalue weighted by atomic mass is 16.6. The minimum absolute atomic E-state index is 0.0274. The van der Waals surface area contributed by atoms with Crippen LogP contribution < -0.4 is 9.47 Å². The first-order valence-corrected chi connectivity index (χ1v) is 4.37. The molecule has 15 heavy (non-hydrogen) atoms. The Hall–Kier alpha value is -2.04. The lowest BCUT2D eigenvalue weighted by molar-refractivity contribution is -0.427. The molecule has 0 aliphatic carbocycles. The Bertz CT molecular complexity index is 439. The van der Waals surface area contributed by atoms with Gasteiger partial charge in [-0.1, -0.05) is 12.1 Å². The van der Waals surface area contributed by atoms with Gasteiger partial charge in [-0.2, -0.15) is 0 Å². The topological polar surface area (TPSA) is 61.6 Å².